The van der Waals surface area contributed by atoms with Crippen LogP contribution in [0.4, 0.5) is 8.78 Å². The average molecular weight is 465 g/mol. The summed E-state index contributed by atoms with van der Waals surface area (Å²) < 4.78 is 43.3. The van der Waals surface area contributed by atoms with Crippen molar-refractivity contribution in [2.24, 2.45) is 5.92 Å². The molecule has 0 bridgehead atoms. The maximum Gasteiger partial charge on any atom is 0.254 e. The van der Waals surface area contributed by atoms with E-state index >= 15 is 0 Å². The number of nitrogens with zero attached hydrogens (tertiary/aromatic N) is 2. The summed E-state index contributed by atoms with van der Waals surface area (Å²) in [5, 5.41) is 0.280. The van der Waals surface area contributed by atoms with Crippen molar-refractivity contribution >= 4 is 17.5 Å². The minimum Gasteiger partial charge on any atom is -0.492 e. The summed E-state index contributed by atoms with van der Waals surface area (Å²) in [4.78, 5) is 19.3. The summed E-state index contributed by atoms with van der Waals surface area (Å²) in [5.74, 6) is -2.53. The van der Waals surface area contributed by atoms with Gasteiger partial charge in [0.1, 0.15) is 24.2 Å². The Kier molecular flexibility index (Phi) is 5.55. The maximum atomic E-state index is 13.1. The molecule has 1 aliphatic carbocycles. The number of fused-ring (bicyclic) bond motifs is 1. The van der Waals surface area contributed by atoms with Crippen LogP contribution < -0.4 is 4.74 Å². The standard InChI is InChI=1S/C23H23ClF2N2O4/c24-17-9-16(4-5-18(17)30-13-15-10-22(25,26)11-15)21(29)28-8-6-23(19-3-1-2-7-27-19)20(12-28)31-14-32-23/h1-5,7,9,15,20H,6,8,10-14H2/t20-,23-/m0/s1. The van der Waals surface area contributed by atoms with E-state index in [0.29, 0.717) is 30.8 Å². The van der Waals surface area contributed by atoms with E-state index in [2.05, 4.69) is 4.98 Å². The molecule has 1 amide bonds. The monoisotopic (exact) mass is 464 g/mol. The van der Waals surface area contributed by atoms with Crippen LogP contribution >= 0.6 is 11.6 Å². The number of aromatic nitrogens is 1. The van der Waals surface area contributed by atoms with E-state index in [9.17, 15) is 13.6 Å². The first-order chi connectivity index (χ1) is 15.4. The number of benzene rings is 1. The number of ether oxygens (including phenoxy) is 3. The van der Waals surface area contributed by atoms with Gasteiger partial charge in [-0.15, -0.1) is 0 Å². The molecule has 1 saturated carbocycles. The van der Waals surface area contributed by atoms with Crippen LogP contribution in [0.1, 0.15) is 35.3 Å². The molecule has 6 nitrogen and oxygen atoms in total. The Hall–Kier alpha value is -2.29. The lowest BCUT2D eigenvalue weighted by molar-refractivity contribution is -0.119. The number of carbonyl (C=O) groups excluding carboxylic acids is 1. The molecule has 0 unspecified atom stereocenters. The van der Waals surface area contributed by atoms with Gasteiger partial charge in [-0.05, 0) is 30.3 Å². The number of hydrogen-bond donors (Lipinski definition) is 0. The Labute approximate surface area is 189 Å². The Morgan fingerprint density at radius 3 is 2.84 bits per heavy atom. The molecule has 1 aromatic heterocycles. The van der Waals surface area contributed by atoms with Crippen molar-refractivity contribution in [3.05, 3.63) is 58.9 Å². The van der Waals surface area contributed by atoms with Gasteiger partial charge >= 0.3 is 0 Å². The highest BCUT2D eigenvalue weighted by Gasteiger charge is 2.52. The second-order valence-corrected chi connectivity index (χ2v) is 9.02. The van der Waals surface area contributed by atoms with Crippen LogP contribution in [-0.2, 0) is 15.1 Å². The van der Waals surface area contributed by atoms with E-state index in [-0.39, 0.29) is 49.2 Å². The second-order valence-electron chi connectivity index (χ2n) is 8.61. The molecule has 2 atom stereocenters. The average Bonchev–Trinajstić information content (AvgIpc) is 3.21. The summed E-state index contributed by atoms with van der Waals surface area (Å²) in [6.07, 6.45) is 1.66. The van der Waals surface area contributed by atoms with Gasteiger partial charge in [0.05, 0.1) is 23.9 Å². The number of alkyl halides is 2. The van der Waals surface area contributed by atoms with Crippen LogP contribution in [0.3, 0.4) is 0 Å². The Bertz CT molecular complexity index is 1000. The number of likely N-dealkylation sites (tertiary alicyclic amines) is 1. The SMILES string of the molecule is O=C(c1ccc(OCC2CC(F)(F)C2)c(Cl)c1)N1CC[C@@]2(c3ccccn3)OCO[C@H]2C1. The Morgan fingerprint density at radius 2 is 2.12 bits per heavy atom. The van der Waals surface area contributed by atoms with Gasteiger partial charge in [-0.2, -0.15) is 0 Å². The summed E-state index contributed by atoms with van der Waals surface area (Å²) in [6.45, 7) is 1.21. The molecule has 0 spiro atoms. The molecule has 9 heteroatoms. The fourth-order valence-corrected chi connectivity index (χ4v) is 4.92. The zero-order valence-corrected chi connectivity index (χ0v) is 18.1. The van der Waals surface area contributed by atoms with Crippen LogP contribution in [0, 0.1) is 5.92 Å². The summed E-state index contributed by atoms with van der Waals surface area (Å²) in [7, 11) is 0. The second kappa shape index (κ2) is 8.24. The number of piperidine rings is 1. The topological polar surface area (TPSA) is 60.9 Å². The highest BCUT2D eigenvalue weighted by atomic mass is 35.5. The minimum atomic E-state index is -2.58. The first kappa shape index (κ1) is 21.6. The van der Waals surface area contributed by atoms with Crippen molar-refractivity contribution < 1.29 is 27.8 Å². The number of rotatable bonds is 5. The third kappa shape index (κ3) is 3.95. The molecule has 0 N–H and O–H groups in total. The predicted molar refractivity (Wildman–Crippen MR) is 112 cm³/mol. The molecule has 32 heavy (non-hydrogen) atoms. The molecular weight excluding hydrogens is 442 g/mol. The highest BCUT2D eigenvalue weighted by molar-refractivity contribution is 6.32. The van der Waals surface area contributed by atoms with Gasteiger partial charge in [0.2, 0.25) is 5.92 Å². The van der Waals surface area contributed by atoms with Crippen molar-refractivity contribution in [2.75, 3.05) is 26.5 Å². The van der Waals surface area contributed by atoms with Crippen molar-refractivity contribution in [3.8, 4) is 5.75 Å². The smallest absolute Gasteiger partial charge is 0.254 e. The summed E-state index contributed by atoms with van der Waals surface area (Å²) in [5.41, 5.74) is 0.594. The van der Waals surface area contributed by atoms with E-state index in [1.165, 1.54) is 0 Å². The van der Waals surface area contributed by atoms with Gasteiger partial charge in [0, 0.05) is 43.5 Å². The van der Waals surface area contributed by atoms with Crippen LogP contribution in [0.25, 0.3) is 0 Å². The minimum absolute atomic E-state index is 0.161. The molecule has 170 valence electrons. The quantitative estimate of drug-likeness (QED) is 0.661. The van der Waals surface area contributed by atoms with E-state index in [0.717, 1.165) is 5.69 Å². The van der Waals surface area contributed by atoms with Crippen molar-refractivity contribution in [2.45, 2.75) is 36.9 Å². The van der Waals surface area contributed by atoms with Crippen molar-refractivity contribution in [3.63, 3.8) is 0 Å². The third-order valence-electron chi connectivity index (χ3n) is 6.46. The molecule has 2 aliphatic heterocycles. The van der Waals surface area contributed by atoms with E-state index in [1.807, 2.05) is 18.2 Å². The normalized spacial score (nSPS) is 27.0. The molecule has 0 radical (unpaired) electrons. The van der Waals surface area contributed by atoms with Gasteiger partial charge in [0.15, 0.2) is 0 Å². The lowest BCUT2D eigenvalue weighted by Gasteiger charge is -2.41. The lowest BCUT2D eigenvalue weighted by Crippen LogP contribution is -2.53. The summed E-state index contributed by atoms with van der Waals surface area (Å²) >= 11 is 6.31. The Balaban J connectivity index is 1.24. The Morgan fingerprint density at radius 1 is 1.28 bits per heavy atom. The zero-order valence-electron chi connectivity index (χ0n) is 17.3. The fourth-order valence-electron chi connectivity index (χ4n) is 4.68. The maximum absolute atomic E-state index is 13.1. The lowest BCUT2D eigenvalue weighted by atomic mass is 9.82. The van der Waals surface area contributed by atoms with E-state index in [1.54, 1.807) is 29.3 Å². The summed E-state index contributed by atoms with van der Waals surface area (Å²) in [6, 6.07) is 10.5. The van der Waals surface area contributed by atoms with E-state index in [4.69, 9.17) is 25.8 Å². The number of amides is 1. The van der Waals surface area contributed by atoms with Crippen LogP contribution in [0.5, 0.6) is 5.75 Å². The number of hydrogen-bond acceptors (Lipinski definition) is 5. The van der Waals surface area contributed by atoms with Crippen LogP contribution in [0.15, 0.2) is 42.6 Å². The van der Waals surface area contributed by atoms with Crippen molar-refractivity contribution in [1.29, 1.82) is 0 Å². The number of carbonyl (C=O) groups is 1. The predicted octanol–water partition coefficient (Wildman–Crippen LogP) is 4.27. The zero-order chi connectivity index (χ0) is 22.3. The van der Waals surface area contributed by atoms with Gasteiger partial charge < -0.3 is 19.1 Å². The van der Waals surface area contributed by atoms with Gasteiger partial charge in [0.25, 0.3) is 5.91 Å². The molecule has 5 rings (SSSR count). The molecular formula is C23H23ClF2N2O4. The molecule has 3 aliphatic rings. The number of pyridine rings is 1. The van der Waals surface area contributed by atoms with Crippen LogP contribution in [0.2, 0.25) is 5.02 Å². The molecule has 3 heterocycles. The van der Waals surface area contributed by atoms with Gasteiger partial charge in [-0.3, -0.25) is 9.78 Å². The highest BCUT2D eigenvalue weighted by Crippen LogP contribution is 2.43. The third-order valence-corrected chi connectivity index (χ3v) is 6.75. The van der Waals surface area contributed by atoms with Crippen molar-refractivity contribution in [1.82, 2.24) is 9.88 Å². The van der Waals surface area contributed by atoms with Gasteiger partial charge in [-0.1, -0.05) is 17.7 Å². The molecule has 2 aromatic rings. The first-order valence-electron chi connectivity index (χ1n) is 10.6. The van der Waals surface area contributed by atoms with Gasteiger partial charge in [-0.25, -0.2) is 8.78 Å². The first-order valence-corrected chi connectivity index (χ1v) is 11.0. The largest absolute Gasteiger partial charge is 0.492 e. The van der Waals surface area contributed by atoms with E-state index < -0.39 is 11.5 Å². The fraction of sp³-hybridized carbons (Fsp3) is 0.478. The molecule has 2 saturated heterocycles. The molecule has 3 fully saturated rings. The number of halogens is 3. The van der Waals surface area contributed by atoms with Crippen LogP contribution in [-0.4, -0.2) is 54.3 Å². The molecule has 1 aromatic carbocycles.